The summed E-state index contributed by atoms with van der Waals surface area (Å²) in [5.41, 5.74) is 2.64. The third-order valence-electron chi connectivity index (χ3n) is 3.97. The molecule has 0 saturated heterocycles. The van der Waals surface area contributed by atoms with Crippen molar-refractivity contribution in [2.45, 2.75) is 19.8 Å². The fourth-order valence-corrected chi connectivity index (χ4v) is 2.67. The van der Waals surface area contributed by atoms with Crippen LogP contribution in [0.1, 0.15) is 25.3 Å². The van der Waals surface area contributed by atoms with Crippen molar-refractivity contribution < 1.29 is 4.74 Å². The van der Waals surface area contributed by atoms with E-state index in [0.717, 1.165) is 0 Å². The second kappa shape index (κ2) is 5.49. The Morgan fingerprint density at radius 2 is 1.83 bits per heavy atom. The first-order valence-electron chi connectivity index (χ1n) is 7.77. The number of H-pyrrole nitrogens is 1. The van der Waals surface area contributed by atoms with Gasteiger partial charge < -0.3 is 4.74 Å². The van der Waals surface area contributed by atoms with Gasteiger partial charge in [-0.25, -0.2) is 19.3 Å². The molecule has 0 spiro atoms. The minimum Gasteiger partial charge on any atom is -0.436 e. The Hall–Kier alpha value is -3.15. The second-order valence-electron chi connectivity index (χ2n) is 5.92. The van der Waals surface area contributed by atoms with Crippen LogP contribution in [0.15, 0.2) is 53.3 Å². The van der Waals surface area contributed by atoms with E-state index >= 15 is 0 Å². The van der Waals surface area contributed by atoms with Crippen LogP contribution in [0.2, 0.25) is 0 Å². The van der Waals surface area contributed by atoms with E-state index in [1.807, 2.05) is 48.5 Å². The van der Waals surface area contributed by atoms with E-state index in [-0.39, 0.29) is 5.69 Å². The average Bonchev–Trinajstić information content (AvgIpc) is 2.98. The molecule has 4 aromatic rings. The van der Waals surface area contributed by atoms with Crippen molar-refractivity contribution in [1.82, 2.24) is 19.6 Å². The van der Waals surface area contributed by atoms with Gasteiger partial charge in [0.25, 0.3) is 5.88 Å². The zero-order valence-corrected chi connectivity index (χ0v) is 13.4. The molecule has 0 unspecified atom stereocenters. The zero-order valence-electron chi connectivity index (χ0n) is 13.4. The van der Waals surface area contributed by atoms with Gasteiger partial charge in [0.1, 0.15) is 5.75 Å². The number of aromatic nitrogens is 4. The molecule has 2 aromatic carbocycles. The van der Waals surface area contributed by atoms with Gasteiger partial charge in [-0.15, -0.1) is 5.10 Å². The summed E-state index contributed by atoms with van der Waals surface area (Å²) in [4.78, 5) is 16.6. The van der Waals surface area contributed by atoms with Crippen molar-refractivity contribution in [2.75, 3.05) is 0 Å². The van der Waals surface area contributed by atoms with E-state index in [2.05, 4.69) is 29.0 Å². The molecule has 4 rings (SSSR count). The van der Waals surface area contributed by atoms with Crippen LogP contribution in [0.25, 0.3) is 16.7 Å². The molecule has 1 N–H and O–H groups in total. The smallest absolute Gasteiger partial charge is 0.348 e. The summed E-state index contributed by atoms with van der Waals surface area (Å²) >= 11 is 0. The van der Waals surface area contributed by atoms with E-state index in [0.29, 0.717) is 34.2 Å². The highest BCUT2D eigenvalue weighted by Gasteiger charge is 2.14. The lowest BCUT2D eigenvalue weighted by atomic mass is 10.0. The maximum Gasteiger partial charge on any atom is 0.348 e. The standard InChI is InChI=1S/C18H16N4O2/c1-11(2)12-7-9-13(10-8-12)24-17-16-20-21-18(23)22(16)15-6-4-3-5-14(15)19-17/h3-11H,1-2H3,(H,21,23). The van der Waals surface area contributed by atoms with Crippen LogP contribution in [0.4, 0.5) is 0 Å². The molecule has 0 bridgehead atoms. The summed E-state index contributed by atoms with van der Waals surface area (Å²) in [5, 5.41) is 6.50. The lowest BCUT2D eigenvalue weighted by Crippen LogP contribution is -2.11. The molecule has 0 aliphatic heterocycles. The Labute approximate surface area is 137 Å². The monoisotopic (exact) mass is 320 g/mol. The predicted octanol–water partition coefficient (Wildman–Crippen LogP) is 3.49. The van der Waals surface area contributed by atoms with E-state index in [1.165, 1.54) is 9.96 Å². The first-order valence-corrected chi connectivity index (χ1v) is 7.77. The number of hydrogen-bond acceptors (Lipinski definition) is 4. The molecular formula is C18H16N4O2. The van der Waals surface area contributed by atoms with E-state index in [9.17, 15) is 4.79 Å². The number of rotatable bonds is 3. The topological polar surface area (TPSA) is 72.3 Å². The van der Waals surface area contributed by atoms with Crippen LogP contribution in [-0.4, -0.2) is 19.6 Å². The molecular weight excluding hydrogens is 304 g/mol. The lowest BCUT2D eigenvalue weighted by molar-refractivity contribution is 0.467. The number of para-hydroxylation sites is 2. The van der Waals surface area contributed by atoms with Crippen molar-refractivity contribution in [3.05, 3.63) is 64.6 Å². The third-order valence-corrected chi connectivity index (χ3v) is 3.97. The molecule has 2 heterocycles. The molecule has 0 aliphatic carbocycles. The highest BCUT2D eigenvalue weighted by molar-refractivity contribution is 5.79. The maximum atomic E-state index is 12.1. The van der Waals surface area contributed by atoms with E-state index < -0.39 is 0 Å². The fraction of sp³-hybridized carbons (Fsp3) is 0.167. The minimum absolute atomic E-state index is 0.296. The van der Waals surface area contributed by atoms with Gasteiger partial charge >= 0.3 is 5.69 Å². The highest BCUT2D eigenvalue weighted by Crippen LogP contribution is 2.26. The largest absolute Gasteiger partial charge is 0.436 e. The number of fused-ring (bicyclic) bond motifs is 3. The van der Waals surface area contributed by atoms with Gasteiger partial charge in [0.05, 0.1) is 11.0 Å². The number of nitrogens with zero attached hydrogens (tertiary/aromatic N) is 3. The number of aromatic amines is 1. The SMILES string of the molecule is CC(C)c1ccc(Oc2nc3ccccc3n3c(=O)[nH]nc23)cc1. The second-order valence-corrected chi connectivity index (χ2v) is 5.92. The molecule has 0 amide bonds. The third kappa shape index (κ3) is 2.32. The van der Waals surface area contributed by atoms with Crippen molar-refractivity contribution in [1.29, 1.82) is 0 Å². The van der Waals surface area contributed by atoms with Crippen LogP contribution in [0.3, 0.4) is 0 Å². The van der Waals surface area contributed by atoms with Gasteiger partial charge in [-0.2, -0.15) is 0 Å². The molecule has 0 fully saturated rings. The fourth-order valence-electron chi connectivity index (χ4n) is 2.67. The molecule has 2 aromatic heterocycles. The number of benzene rings is 2. The van der Waals surface area contributed by atoms with E-state index in [1.54, 1.807) is 0 Å². The normalized spacial score (nSPS) is 11.5. The molecule has 0 aliphatic rings. The summed E-state index contributed by atoms with van der Waals surface area (Å²) in [5.74, 6) is 1.40. The Kier molecular flexibility index (Phi) is 3.30. The van der Waals surface area contributed by atoms with Crippen molar-refractivity contribution in [3.8, 4) is 11.6 Å². The summed E-state index contributed by atoms with van der Waals surface area (Å²) < 4.78 is 7.37. The zero-order chi connectivity index (χ0) is 16.7. The van der Waals surface area contributed by atoms with Gasteiger partial charge in [-0.3, -0.25) is 0 Å². The Bertz CT molecular complexity index is 1080. The van der Waals surface area contributed by atoms with Crippen LogP contribution < -0.4 is 10.4 Å². The summed E-state index contributed by atoms with van der Waals surface area (Å²) in [6.07, 6.45) is 0. The molecule has 0 radical (unpaired) electrons. The molecule has 0 saturated carbocycles. The van der Waals surface area contributed by atoms with E-state index in [4.69, 9.17) is 4.74 Å². The van der Waals surface area contributed by atoms with Crippen LogP contribution in [0.5, 0.6) is 11.6 Å². The van der Waals surface area contributed by atoms with Crippen molar-refractivity contribution >= 4 is 16.7 Å². The summed E-state index contributed by atoms with van der Waals surface area (Å²) in [6.45, 7) is 4.28. The van der Waals surface area contributed by atoms with Gasteiger partial charge in [-0.05, 0) is 35.7 Å². The van der Waals surface area contributed by atoms with Crippen LogP contribution in [0, 0.1) is 0 Å². The highest BCUT2D eigenvalue weighted by atomic mass is 16.5. The first kappa shape index (κ1) is 14.4. The minimum atomic E-state index is -0.316. The molecule has 120 valence electrons. The van der Waals surface area contributed by atoms with Crippen molar-refractivity contribution in [3.63, 3.8) is 0 Å². The maximum absolute atomic E-state index is 12.1. The van der Waals surface area contributed by atoms with Crippen molar-refractivity contribution in [2.24, 2.45) is 0 Å². The van der Waals surface area contributed by atoms with Gasteiger partial charge in [0.2, 0.25) is 5.65 Å². The summed E-state index contributed by atoms with van der Waals surface area (Å²) in [7, 11) is 0. The lowest BCUT2D eigenvalue weighted by Gasteiger charge is -2.09. The van der Waals surface area contributed by atoms with Gasteiger partial charge in [0.15, 0.2) is 0 Å². The Morgan fingerprint density at radius 1 is 1.08 bits per heavy atom. The molecule has 0 atom stereocenters. The molecule has 6 nitrogen and oxygen atoms in total. The average molecular weight is 320 g/mol. The number of ether oxygens (including phenoxy) is 1. The van der Waals surface area contributed by atoms with Gasteiger partial charge in [-0.1, -0.05) is 38.1 Å². The summed E-state index contributed by atoms with van der Waals surface area (Å²) in [6, 6.07) is 15.2. The number of hydrogen-bond donors (Lipinski definition) is 1. The quantitative estimate of drug-likeness (QED) is 0.627. The van der Waals surface area contributed by atoms with Gasteiger partial charge in [0, 0.05) is 0 Å². The Morgan fingerprint density at radius 3 is 2.58 bits per heavy atom. The molecule has 6 heteroatoms. The first-order chi connectivity index (χ1) is 11.6. The number of nitrogens with one attached hydrogen (secondary N) is 1. The molecule has 24 heavy (non-hydrogen) atoms. The predicted molar refractivity (Wildman–Crippen MR) is 91.7 cm³/mol. The van der Waals surface area contributed by atoms with Crippen LogP contribution >= 0.6 is 0 Å². The Balaban J connectivity index is 1.85. The van der Waals surface area contributed by atoms with Crippen LogP contribution in [-0.2, 0) is 0 Å².